The van der Waals surface area contributed by atoms with Crippen molar-refractivity contribution in [3.8, 4) is 0 Å². The number of nitrogens with zero attached hydrogens (tertiary/aromatic N) is 1. The molecule has 0 atom stereocenters. The number of aliphatic imine (C=N–C) groups is 1. The van der Waals surface area contributed by atoms with Crippen molar-refractivity contribution in [1.29, 1.82) is 0 Å². The lowest BCUT2D eigenvalue weighted by atomic mass is 10.1. The summed E-state index contributed by atoms with van der Waals surface area (Å²) in [4.78, 5) is 4.14. The molecule has 0 aromatic heterocycles. The Labute approximate surface area is 80.6 Å². The molecule has 0 saturated heterocycles. The maximum absolute atomic E-state index is 5.66. The number of nitrogens with one attached hydrogen (secondary N) is 1. The van der Waals surface area contributed by atoms with Crippen LogP contribution in [0.5, 0.6) is 0 Å². The monoisotopic (exact) mass is 187 g/mol. The molecule has 0 fully saturated rings. The second-order valence-corrected chi connectivity index (χ2v) is 3.71. The van der Waals surface area contributed by atoms with Crippen LogP contribution in [-0.4, -0.2) is 31.8 Å². The zero-order valence-corrected chi connectivity index (χ0v) is 9.05. The summed E-state index contributed by atoms with van der Waals surface area (Å²) in [7, 11) is 1.67. The summed E-state index contributed by atoms with van der Waals surface area (Å²) in [5, 5.41) is 3.09. The third-order valence-electron chi connectivity index (χ3n) is 1.48. The van der Waals surface area contributed by atoms with Crippen LogP contribution in [0.25, 0.3) is 0 Å². The summed E-state index contributed by atoms with van der Waals surface area (Å²) in [6, 6.07) is 0. The van der Waals surface area contributed by atoms with Crippen LogP contribution in [0.3, 0.4) is 0 Å². The average molecular weight is 187 g/mol. The first-order valence-electron chi connectivity index (χ1n) is 4.59. The number of methoxy groups -OCH3 is 1. The fourth-order valence-electron chi connectivity index (χ4n) is 1.02. The van der Waals surface area contributed by atoms with Gasteiger partial charge in [-0.05, 0) is 20.3 Å². The quantitative estimate of drug-likeness (QED) is 0.492. The summed E-state index contributed by atoms with van der Waals surface area (Å²) in [5.41, 5.74) is 5.50. The summed E-state index contributed by atoms with van der Waals surface area (Å²) in [5.74, 6) is 0.490. The number of hydrogen-bond donors (Lipinski definition) is 2. The van der Waals surface area contributed by atoms with Crippen molar-refractivity contribution in [2.45, 2.75) is 32.7 Å². The standard InChI is InChI=1S/C9H21N3O/c1-5-6-11-8(10)12-9(2,3)7-13-4/h5-7H2,1-4H3,(H3,10,11,12). The molecule has 0 spiro atoms. The molecule has 0 aliphatic rings. The molecule has 78 valence electrons. The Bertz CT molecular complexity index is 166. The van der Waals surface area contributed by atoms with E-state index in [0.29, 0.717) is 12.6 Å². The van der Waals surface area contributed by atoms with Crippen LogP contribution in [0.15, 0.2) is 4.99 Å². The molecule has 4 heteroatoms. The lowest BCUT2D eigenvalue weighted by Gasteiger charge is -2.25. The van der Waals surface area contributed by atoms with Gasteiger partial charge in [-0.3, -0.25) is 4.99 Å². The van der Waals surface area contributed by atoms with Gasteiger partial charge in [0.15, 0.2) is 5.96 Å². The Kier molecular flexibility index (Phi) is 5.46. The summed E-state index contributed by atoms with van der Waals surface area (Å²) >= 11 is 0. The van der Waals surface area contributed by atoms with Gasteiger partial charge in [-0.2, -0.15) is 0 Å². The van der Waals surface area contributed by atoms with E-state index in [1.165, 1.54) is 0 Å². The van der Waals surface area contributed by atoms with E-state index in [4.69, 9.17) is 10.5 Å². The van der Waals surface area contributed by atoms with Crippen LogP contribution in [0.1, 0.15) is 27.2 Å². The Morgan fingerprint density at radius 3 is 2.62 bits per heavy atom. The van der Waals surface area contributed by atoms with Gasteiger partial charge in [0, 0.05) is 13.7 Å². The van der Waals surface area contributed by atoms with Crippen molar-refractivity contribution >= 4 is 5.96 Å². The molecular formula is C9H21N3O. The lowest BCUT2D eigenvalue weighted by Crippen LogP contribution is -2.50. The molecule has 0 rings (SSSR count). The van der Waals surface area contributed by atoms with Crippen molar-refractivity contribution in [3.63, 3.8) is 0 Å². The SMILES string of the molecule is CCCN=C(N)NC(C)(C)COC. The van der Waals surface area contributed by atoms with Gasteiger partial charge in [-0.25, -0.2) is 0 Å². The van der Waals surface area contributed by atoms with Gasteiger partial charge in [0.25, 0.3) is 0 Å². The zero-order valence-electron chi connectivity index (χ0n) is 9.05. The van der Waals surface area contributed by atoms with Gasteiger partial charge in [-0.1, -0.05) is 6.92 Å². The first kappa shape index (κ1) is 12.2. The zero-order chi connectivity index (χ0) is 10.3. The van der Waals surface area contributed by atoms with Gasteiger partial charge in [0.05, 0.1) is 12.1 Å². The topological polar surface area (TPSA) is 59.6 Å². The number of guanidine groups is 1. The molecular weight excluding hydrogens is 166 g/mol. The predicted molar refractivity (Wildman–Crippen MR) is 55.9 cm³/mol. The first-order valence-corrected chi connectivity index (χ1v) is 4.59. The Morgan fingerprint density at radius 2 is 2.15 bits per heavy atom. The molecule has 0 aromatic carbocycles. The molecule has 13 heavy (non-hydrogen) atoms. The third kappa shape index (κ3) is 6.40. The van der Waals surface area contributed by atoms with E-state index in [1.54, 1.807) is 7.11 Å². The van der Waals surface area contributed by atoms with Gasteiger partial charge in [0.2, 0.25) is 0 Å². The average Bonchev–Trinajstić information content (AvgIpc) is 1.99. The molecule has 0 aromatic rings. The maximum atomic E-state index is 5.66. The minimum Gasteiger partial charge on any atom is -0.382 e. The molecule has 0 aliphatic carbocycles. The highest BCUT2D eigenvalue weighted by Crippen LogP contribution is 2.00. The molecule has 4 nitrogen and oxygen atoms in total. The van der Waals surface area contributed by atoms with Gasteiger partial charge in [-0.15, -0.1) is 0 Å². The largest absolute Gasteiger partial charge is 0.382 e. The van der Waals surface area contributed by atoms with E-state index in [1.807, 2.05) is 13.8 Å². The summed E-state index contributed by atoms with van der Waals surface area (Å²) in [6.45, 7) is 7.48. The van der Waals surface area contributed by atoms with Crippen molar-refractivity contribution in [2.75, 3.05) is 20.3 Å². The minimum atomic E-state index is -0.157. The van der Waals surface area contributed by atoms with Crippen molar-refractivity contribution in [1.82, 2.24) is 5.32 Å². The second-order valence-electron chi connectivity index (χ2n) is 3.71. The highest BCUT2D eigenvalue weighted by Gasteiger charge is 2.17. The van der Waals surface area contributed by atoms with Crippen LogP contribution in [0.2, 0.25) is 0 Å². The van der Waals surface area contributed by atoms with Crippen LogP contribution < -0.4 is 11.1 Å². The van der Waals surface area contributed by atoms with Crippen molar-refractivity contribution < 1.29 is 4.74 Å². The smallest absolute Gasteiger partial charge is 0.189 e. The molecule has 0 radical (unpaired) electrons. The van der Waals surface area contributed by atoms with E-state index in [-0.39, 0.29) is 5.54 Å². The van der Waals surface area contributed by atoms with Crippen molar-refractivity contribution in [3.05, 3.63) is 0 Å². The summed E-state index contributed by atoms with van der Waals surface area (Å²) in [6.07, 6.45) is 1.01. The van der Waals surface area contributed by atoms with E-state index in [9.17, 15) is 0 Å². The Morgan fingerprint density at radius 1 is 1.54 bits per heavy atom. The number of hydrogen-bond acceptors (Lipinski definition) is 2. The van der Waals surface area contributed by atoms with Gasteiger partial charge < -0.3 is 15.8 Å². The number of nitrogens with two attached hydrogens (primary N) is 1. The molecule has 0 heterocycles. The maximum Gasteiger partial charge on any atom is 0.189 e. The molecule has 0 aliphatic heterocycles. The predicted octanol–water partition coefficient (Wildman–Crippen LogP) is 0.726. The minimum absolute atomic E-state index is 0.157. The van der Waals surface area contributed by atoms with Crippen molar-refractivity contribution in [2.24, 2.45) is 10.7 Å². The lowest BCUT2D eigenvalue weighted by molar-refractivity contribution is 0.139. The molecule has 0 unspecified atom stereocenters. The second kappa shape index (κ2) is 5.80. The Hall–Kier alpha value is -0.770. The highest BCUT2D eigenvalue weighted by atomic mass is 16.5. The van der Waals surface area contributed by atoms with E-state index >= 15 is 0 Å². The fourth-order valence-corrected chi connectivity index (χ4v) is 1.02. The normalized spacial score (nSPS) is 13.1. The number of ether oxygens (including phenoxy) is 1. The summed E-state index contributed by atoms with van der Waals surface area (Å²) < 4.78 is 5.04. The molecule has 0 amide bonds. The van der Waals surface area contributed by atoms with Gasteiger partial charge >= 0.3 is 0 Å². The van der Waals surface area contributed by atoms with Gasteiger partial charge in [0.1, 0.15) is 0 Å². The van der Waals surface area contributed by atoms with Crippen LogP contribution in [-0.2, 0) is 4.74 Å². The molecule has 0 bridgehead atoms. The van der Waals surface area contributed by atoms with E-state index < -0.39 is 0 Å². The number of rotatable bonds is 5. The van der Waals surface area contributed by atoms with Crippen LogP contribution in [0.4, 0.5) is 0 Å². The third-order valence-corrected chi connectivity index (χ3v) is 1.48. The first-order chi connectivity index (χ1) is 6.02. The van der Waals surface area contributed by atoms with Crippen LogP contribution >= 0.6 is 0 Å². The fraction of sp³-hybridized carbons (Fsp3) is 0.889. The molecule has 0 saturated carbocycles. The highest BCUT2D eigenvalue weighted by molar-refractivity contribution is 5.78. The van der Waals surface area contributed by atoms with Crippen LogP contribution in [0, 0.1) is 0 Å². The Balaban J connectivity index is 3.94. The molecule has 3 N–H and O–H groups in total. The van der Waals surface area contributed by atoms with E-state index in [2.05, 4.69) is 17.2 Å². The van der Waals surface area contributed by atoms with E-state index in [0.717, 1.165) is 13.0 Å².